The van der Waals surface area contributed by atoms with Crippen LogP contribution in [0.3, 0.4) is 0 Å². The van der Waals surface area contributed by atoms with E-state index in [0.29, 0.717) is 5.69 Å². The van der Waals surface area contributed by atoms with Crippen LogP contribution < -0.4 is 11.4 Å². The first-order valence-electron chi connectivity index (χ1n) is 4.58. The predicted octanol–water partition coefficient (Wildman–Crippen LogP) is 1.33. The molecule has 0 saturated heterocycles. The fraction of sp³-hybridized carbons (Fsp3) is 0.0909. The molecule has 0 amide bonds. The zero-order chi connectivity index (χ0) is 10.8. The number of hydrogen-bond acceptors (Lipinski definition) is 3. The van der Waals surface area contributed by atoms with E-state index < -0.39 is 0 Å². The molecule has 2 aromatic rings. The maximum Gasteiger partial charge on any atom is 0.345 e. The maximum absolute atomic E-state index is 10.9. The molecule has 0 radical (unpaired) electrons. The predicted molar refractivity (Wildman–Crippen MR) is 59.4 cm³/mol. The van der Waals surface area contributed by atoms with E-state index in [0.717, 1.165) is 16.8 Å². The first kappa shape index (κ1) is 9.45. The Morgan fingerprint density at radius 2 is 2.20 bits per heavy atom. The number of aryl methyl sites for hydroxylation is 1. The molecule has 0 fully saturated rings. The van der Waals surface area contributed by atoms with Gasteiger partial charge in [-0.05, 0) is 24.6 Å². The van der Waals surface area contributed by atoms with Crippen LogP contribution in [0.15, 0.2) is 35.3 Å². The molecular weight excluding hydrogens is 190 g/mol. The second kappa shape index (κ2) is 3.57. The number of nitrogen functional groups attached to an aromatic ring is 1. The standard InChI is InChI=1S/C11H11N3O/c1-7-10(6-13-11(15)14-7)8-3-2-4-9(12)5-8/h2-6H,12H2,1H3,(H,13,14,15). The normalized spacial score (nSPS) is 10.2. The van der Waals surface area contributed by atoms with Crippen molar-refractivity contribution in [1.29, 1.82) is 0 Å². The lowest BCUT2D eigenvalue weighted by Crippen LogP contribution is -2.11. The highest BCUT2D eigenvalue weighted by Crippen LogP contribution is 2.21. The second-order valence-corrected chi connectivity index (χ2v) is 3.35. The average molecular weight is 201 g/mol. The zero-order valence-corrected chi connectivity index (χ0v) is 8.32. The van der Waals surface area contributed by atoms with Crippen LogP contribution in [0.1, 0.15) is 5.69 Å². The summed E-state index contributed by atoms with van der Waals surface area (Å²) in [5.74, 6) is 0. The van der Waals surface area contributed by atoms with Gasteiger partial charge in [0, 0.05) is 23.1 Å². The van der Waals surface area contributed by atoms with Crippen LogP contribution in [0.2, 0.25) is 0 Å². The highest BCUT2D eigenvalue weighted by atomic mass is 16.1. The minimum Gasteiger partial charge on any atom is -0.399 e. The van der Waals surface area contributed by atoms with Crippen LogP contribution in [0.4, 0.5) is 5.69 Å². The lowest BCUT2D eigenvalue weighted by molar-refractivity contribution is 1.03. The third-order valence-electron chi connectivity index (χ3n) is 2.21. The van der Waals surface area contributed by atoms with Gasteiger partial charge in [0.1, 0.15) is 0 Å². The Balaban J connectivity index is 2.59. The van der Waals surface area contributed by atoms with Gasteiger partial charge in [0.05, 0.1) is 0 Å². The summed E-state index contributed by atoms with van der Waals surface area (Å²) in [7, 11) is 0. The van der Waals surface area contributed by atoms with Crippen molar-refractivity contribution < 1.29 is 0 Å². The summed E-state index contributed by atoms with van der Waals surface area (Å²) >= 11 is 0. The highest BCUT2D eigenvalue weighted by Gasteiger charge is 2.02. The topological polar surface area (TPSA) is 71.8 Å². The summed E-state index contributed by atoms with van der Waals surface area (Å²) in [6.45, 7) is 1.83. The molecule has 0 aliphatic heterocycles. The minimum atomic E-state index is -0.333. The van der Waals surface area contributed by atoms with E-state index in [9.17, 15) is 4.79 Å². The molecule has 4 nitrogen and oxygen atoms in total. The monoisotopic (exact) mass is 201 g/mol. The molecule has 76 valence electrons. The van der Waals surface area contributed by atoms with Crippen molar-refractivity contribution in [3.05, 3.63) is 46.6 Å². The smallest absolute Gasteiger partial charge is 0.345 e. The molecule has 0 aliphatic carbocycles. The Kier molecular flexibility index (Phi) is 2.25. The number of nitrogens with zero attached hydrogens (tertiary/aromatic N) is 1. The molecule has 1 aromatic heterocycles. The van der Waals surface area contributed by atoms with Gasteiger partial charge in [-0.1, -0.05) is 12.1 Å². The quantitative estimate of drug-likeness (QED) is 0.683. The molecule has 1 aromatic carbocycles. The van der Waals surface area contributed by atoms with Crippen molar-refractivity contribution in [1.82, 2.24) is 9.97 Å². The summed E-state index contributed by atoms with van der Waals surface area (Å²) in [6, 6.07) is 7.47. The van der Waals surface area contributed by atoms with Crippen molar-refractivity contribution in [2.24, 2.45) is 0 Å². The fourth-order valence-corrected chi connectivity index (χ4v) is 1.48. The molecule has 15 heavy (non-hydrogen) atoms. The van der Waals surface area contributed by atoms with Crippen LogP contribution in [-0.2, 0) is 0 Å². The molecule has 0 spiro atoms. The Labute approximate surface area is 86.8 Å². The first-order valence-corrected chi connectivity index (χ1v) is 4.58. The summed E-state index contributed by atoms with van der Waals surface area (Å²) in [4.78, 5) is 17.3. The summed E-state index contributed by atoms with van der Waals surface area (Å²) in [6.07, 6.45) is 1.56. The van der Waals surface area contributed by atoms with Crippen molar-refractivity contribution >= 4 is 5.69 Å². The zero-order valence-electron chi connectivity index (χ0n) is 8.32. The van der Waals surface area contributed by atoms with Gasteiger partial charge in [0.2, 0.25) is 0 Å². The minimum absolute atomic E-state index is 0.333. The number of rotatable bonds is 1. The lowest BCUT2D eigenvalue weighted by atomic mass is 10.1. The molecule has 2 rings (SSSR count). The van der Waals surface area contributed by atoms with Gasteiger partial charge in [-0.2, -0.15) is 0 Å². The van der Waals surface area contributed by atoms with Gasteiger partial charge in [0.15, 0.2) is 0 Å². The molecule has 0 aliphatic rings. The number of aromatic amines is 1. The number of hydrogen-bond donors (Lipinski definition) is 2. The number of nitrogens with two attached hydrogens (primary N) is 1. The number of nitrogens with one attached hydrogen (secondary N) is 1. The summed E-state index contributed by atoms with van der Waals surface area (Å²) in [5.41, 5.74) is 8.68. The first-order chi connectivity index (χ1) is 7.16. The van der Waals surface area contributed by atoms with E-state index in [4.69, 9.17) is 5.73 Å². The molecule has 0 unspecified atom stereocenters. The number of aromatic nitrogens is 2. The molecule has 4 heteroatoms. The fourth-order valence-electron chi connectivity index (χ4n) is 1.48. The number of H-pyrrole nitrogens is 1. The van der Waals surface area contributed by atoms with Gasteiger partial charge in [-0.15, -0.1) is 0 Å². The highest BCUT2D eigenvalue weighted by molar-refractivity contribution is 5.68. The Bertz CT molecular complexity index is 546. The van der Waals surface area contributed by atoms with Gasteiger partial charge < -0.3 is 10.7 Å². The van der Waals surface area contributed by atoms with E-state index in [1.54, 1.807) is 6.20 Å². The van der Waals surface area contributed by atoms with Crippen LogP contribution >= 0.6 is 0 Å². The van der Waals surface area contributed by atoms with E-state index >= 15 is 0 Å². The van der Waals surface area contributed by atoms with Crippen LogP contribution in [0, 0.1) is 6.92 Å². The van der Waals surface area contributed by atoms with Gasteiger partial charge in [-0.25, -0.2) is 9.78 Å². The maximum atomic E-state index is 10.9. The van der Waals surface area contributed by atoms with Gasteiger partial charge in [-0.3, -0.25) is 0 Å². The van der Waals surface area contributed by atoms with Crippen molar-refractivity contribution in [3.63, 3.8) is 0 Å². The summed E-state index contributed by atoms with van der Waals surface area (Å²) < 4.78 is 0. The van der Waals surface area contributed by atoms with Crippen molar-refractivity contribution in [2.45, 2.75) is 6.92 Å². The third kappa shape index (κ3) is 1.88. The van der Waals surface area contributed by atoms with E-state index in [-0.39, 0.29) is 5.69 Å². The summed E-state index contributed by atoms with van der Waals surface area (Å²) in [5, 5.41) is 0. The molecule has 1 heterocycles. The van der Waals surface area contributed by atoms with Gasteiger partial charge in [0.25, 0.3) is 0 Å². The van der Waals surface area contributed by atoms with Crippen LogP contribution in [-0.4, -0.2) is 9.97 Å². The third-order valence-corrected chi connectivity index (χ3v) is 2.21. The molecule has 0 atom stereocenters. The lowest BCUT2D eigenvalue weighted by Gasteiger charge is -2.04. The van der Waals surface area contributed by atoms with Crippen molar-refractivity contribution in [2.75, 3.05) is 5.73 Å². The van der Waals surface area contributed by atoms with Crippen LogP contribution in [0.5, 0.6) is 0 Å². The van der Waals surface area contributed by atoms with E-state index in [2.05, 4.69) is 9.97 Å². The Morgan fingerprint density at radius 1 is 1.40 bits per heavy atom. The number of anilines is 1. The van der Waals surface area contributed by atoms with E-state index in [1.165, 1.54) is 0 Å². The molecule has 3 N–H and O–H groups in total. The second-order valence-electron chi connectivity index (χ2n) is 3.35. The van der Waals surface area contributed by atoms with Crippen molar-refractivity contribution in [3.8, 4) is 11.1 Å². The average Bonchev–Trinajstić information content (AvgIpc) is 2.17. The Hall–Kier alpha value is -2.10. The largest absolute Gasteiger partial charge is 0.399 e. The molecular formula is C11H11N3O. The molecule has 0 bridgehead atoms. The number of benzene rings is 1. The molecule has 0 saturated carbocycles. The Morgan fingerprint density at radius 3 is 2.87 bits per heavy atom. The van der Waals surface area contributed by atoms with E-state index in [1.807, 2.05) is 31.2 Å². The van der Waals surface area contributed by atoms with Gasteiger partial charge >= 0.3 is 5.69 Å². The van der Waals surface area contributed by atoms with Crippen LogP contribution in [0.25, 0.3) is 11.1 Å². The SMILES string of the molecule is Cc1[nH]c(=O)ncc1-c1cccc(N)c1.